The van der Waals surface area contributed by atoms with Crippen LogP contribution in [0.25, 0.3) is 0 Å². The zero-order chi connectivity index (χ0) is 14.0. The van der Waals surface area contributed by atoms with Crippen LogP contribution in [0.5, 0.6) is 0 Å². The van der Waals surface area contributed by atoms with Crippen molar-refractivity contribution in [2.45, 2.75) is 26.2 Å². The molecule has 0 aromatic rings. The smallest absolute Gasteiger partial charge is 0.334 e. The summed E-state index contributed by atoms with van der Waals surface area (Å²) in [5, 5.41) is 2.61. The molecule has 0 radical (unpaired) electrons. The van der Waals surface area contributed by atoms with Crippen molar-refractivity contribution in [3.8, 4) is 0 Å². The molecule has 0 aliphatic carbocycles. The van der Waals surface area contributed by atoms with Crippen LogP contribution < -0.4 is 5.32 Å². The maximum atomic E-state index is 11.5. The van der Waals surface area contributed by atoms with E-state index in [9.17, 15) is 14.4 Å². The Kier molecular flexibility index (Phi) is 8.26. The van der Waals surface area contributed by atoms with Crippen molar-refractivity contribution in [3.05, 3.63) is 11.6 Å². The molecule has 0 unspecified atom stereocenters. The molecule has 0 aromatic carbocycles. The minimum atomic E-state index is -0.717. The summed E-state index contributed by atoms with van der Waals surface area (Å²) < 4.78 is 8.93. The van der Waals surface area contributed by atoms with Crippen LogP contribution in [-0.2, 0) is 23.9 Å². The third-order valence-electron chi connectivity index (χ3n) is 2.14. The molecular formula is C12H19NO5. The number of ether oxygens (including phenoxy) is 2. The fourth-order valence-corrected chi connectivity index (χ4v) is 1.14. The molecule has 0 aliphatic rings. The van der Waals surface area contributed by atoms with Gasteiger partial charge in [-0.25, -0.2) is 4.79 Å². The van der Waals surface area contributed by atoms with Gasteiger partial charge in [0.2, 0.25) is 5.91 Å². The average molecular weight is 257 g/mol. The molecule has 0 aliphatic heterocycles. The summed E-state index contributed by atoms with van der Waals surface area (Å²) in [6.45, 7) is 2.53. The van der Waals surface area contributed by atoms with E-state index in [-0.39, 0.29) is 12.0 Å². The van der Waals surface area contributed by atoms with E-state index in [1.54, 1.807) is 0 Å². The third-order valence-corrected chi connectivity index (χ3v) is 2.14. The first kappa shape index (κ1) is 16.1. The summed E-state index contributed by atoms with van der Waals surface area (Å²) in [7, 11) is 2.39. The van der Waals surface area contributed by atoms with Crippen molar-refractivity contribution >= 4 is 17.8 Å². The van der Waals surface area contributed by atoms with Crippen molar-refractivity contribution in [2.75, 3.05) is 20.8 Å². The van der Waals surface area contributed by atoms with E-state index < -0.39 is 17.8 Å². The summed E-state index contributed by atoms with van der Waals surface area (Å²) in [6.07, 6.45) is 2.59. The van der Waals surface area contributed by atoms with Gasteiger partial charge in [-0.1, -0.05) is 13.3 Å². The van der Waals surface area contributed by atoms with Crippen LogP contribution in [0.4, 0.5) is 0 Å². The van der Waals surface area contributed by atoms with Gasteiger partial charge in [0.25, 0.3) is 0 Å². The first-order valence-corrected chi connectivity index (χ1v) is 5.68. The van der Waals surface area contributed by atoms with Gasteiger partial charge in [-0.3, -0.25) is 9.59 Å². The Hall–Kier alpha value is -1.85. The summed E-state index contributed by atoms with van der Waals surface area (Å²) in [5.74, 6) is -1.74. The molecule has 0 fully saturated rings. The molecule has 6 nitrogen and oxygen atoms in total. The Bertz CT molecular complexity index is 335. The number of esters is 2. The lowest BCUT2D eigenvalue weighted by Gasteiger charge is -2.05. The van der Waals surface area contributed by atoms with Gasteiger partial charge in [0.15, 0.2) is 0 Å². The predicted molar refractivity (Wildman–Crippen MR) is 64.6 cm³/mol. The molecule has 0 heterocycles. The van der Waals surface area contributed by atoms with E-state index in [2.05, 4.69) is 14.8 Å². The van der Waals surface area contributed by atoms with Gasteiger partial charge < -0.3 is 14.8 Å². The number of hydrogen-bond acceptors (Lipinski definition) is 5. The minimum Gasteiger partial charge on any atom is -0.469 e. The zero-order valence-electron chi connectivity index (χ0n) is 10.9. The van der Waals surface area contributed by atoms with Crippen molar-refractivity contribution < 1.29 is 23.9 Å². The number of nitrogens with one attached hydrogen (secondary N) is 1. The topological polar surface area (TPSA) is 81.7 Å². The molecular weight excluding hydrogens is 238 g/mol. The number of carbonyl (C=O) groups is 3. The molecule has 1 N–H and O–H groups in total. The second kappa shape index (κ2) is 9.21. The van der Waals surface area contributed by atoms with Crippen LogP contribution in [0.3, 0.4) is 0 Å². The Morgan fingerprint density at radius 1 is 1.17 bits per heavy atom. The van der Waals surface area contributed by atoms with Gasteiger partial charge in [-0.05, 0) is 6.42 Å². The normalized spacial score (nSPS) is 10.7. The standard InChI is InChI=1S/C12H19NO5/c1-4-5-6-13-10(14)7-9(12(16)18-3)8-11(15)17-2/h7H,4-6,8H2,1-3H3,(H,13,14)/b9-7-. The fraction of sp³-hybridized carbons (Fsp3) is 0.583. The average Bonchev–Trinajstić information content (AvgIpc) is 2.37. The molecule has 1 amide bonds. The minimum absolute atomic E-state index is 0.0293. The van der Waals surface area contributed by atoms with Gasteiger partial charge >= 0.3 is 11.9 Å². The predicted octanol–water partition coefficient (Wildman–Crippen LogP) is 0.565. The van der Waals surface area contributed by atoms with Crippen LogP contribution in [0, 0.1) is 0 Å². The van der Waals surface area contributed by atoms with Crippen molar-refractivity contribution in [3.63, 3.8) is 0 Å². The van der Waals surface area contributed by atoms with E-state index in [1.165, 1.54) is 14.2 Å². The largest absolute Gasteiger partial charge is 0.469 e. The Labute approximate surface area is 106 Å². The summed E-state index contributed by atoms with van der Waals surface area (Å²) in [5.41, 5.74) is -0.0293. The van der Waals surface area contributed by atoms with Crippen LogP contribution in [0.2, 0.25) is 0 Å². The molecule has 0 atom stereocenters. The number of hydrogen-bond donors (Lipinski definition) is 1. The van der Waals surface area contributed by atoms with E-state index in [4.69, 9.17) is 0 Å². The molecule has 0 saturated carbocycles. The molecule has 18 heavy (non-hydrogen) atoms. The molecule has 102 valence electrons. The van der Waals surface area contributed by atoms with Gasteiger partial charge in [-0.2, -0.15) is 0 Å². The number of carbonyl (C=O) groups excluding carboxylic acids is 3. The lowest BCUT2D eigenvalue weighted by atomic mass is 10.1. The second-order valence-corrected chi connectivity index (χ2v) is 3.56. The Morgan fingerprint density at radius 3 is 2.33 bits per heavy atom. The third kappa shape index (κ3) is 6.67. The SMILES string of the molecule is CCCCNC(=O)/C=C(/CC(=O)OC)C(=O)OC. The highest BCUT2D eigenvalue weighted by Gasteiger charge is 2.16. The molecule has 0 bridgehead atoms. The fourth-order valence-electron chi connectivity index (χ4n) is 1.14. The molecule has 0 rings (SSSR count). The lowest BCUT2D eigenvalue weighted by Crippen LogP contribution is -2.24. The molecule has 0 saturated heterocycles. The highest BCUT2D eigenvalue weighted by molar-refractivity contribution is 6.01. The maximum Gasteiger partial charge on any atom is 0.334 e. The summed E-state index contributed by atoms with van der Waals surface area (Å²) in [6, 6.07) is 0. The maximum absolute atomic E-state index is 11.5. The number of methoxy groups -OCH3 is 2. The molecule has 0 spiro atoms. The quantitative estimate of drug-likeness (QED) is 0.409. The number of rotatable bonds is 7. The van der Waals surface area contributed by atoms with Crippen LogP contribution in [-0.4, -0.2) is 38.6 Å². The van der Waals surface area contributed by atoms with E-state index in [0.29, 0.717) is 6.54 Å². The van der Waals surface area contributed by atoms with Crippen molar-refractivity contribution in [2.24, 2.45) is 0 Å². The van der Waals surface area contributed by atoms with Crippen molar-refractivity contribution in [1.82, 2.24) is 5.32 Å². The van der Waals surface area contributed by atoms with E-state index in [0.717, 1.165) is 18.9 Å². The monoisotopic (exact) mass is 257 g/mol. The van der Waals surface area contributed by atoms with E-state index in [1.807, 2.05) is 6.92 Å². The number of amides is 1. The second-order valence-electron chi connectivity index (χ2n) is 3.56. The van der Waals surface area contributed by atoms with Crippen LogP contribution >= 0.6 is 0 Å². The highest BCUT2D eigenvalue weighted by Crippen LogP contribution is 2.05. The first-order chi connectivity index (χ1) is 8.54. The Balaban J connectivity index is 4.58. The summed E-state index contributed by atoms with van der Waals surface area (Å²) >= 11 is 0. The summed E-state index contributed by atoms with van der Waals surface area (Å²) in [4.78, 5) is 33.9. The van der Waals surface area contributed by atoms with Gasteiger partial charge in [0.1, 0.15) is 0 Å². The van der Waals surface area contributed by atoms with Gasteiger partial charge in [0.05, 0.1) is 26.2 Å². The van der Waals surface area contributed by atoms with Gasteiger partial charge in [0, 0.05) is 12.6 Å². The van der Waals surface area contributed by atoms with E-state index >= 15 is 0 Å². The highest BCUT2D eigenvalue weighted by atomic mass is 16.5. The molecule has 6 heteroatoms. The first-order valence-electron chi connectivity index (χ1n) is 5.68. The zero-order valence-corrected chi connectivity index (χ0v) is 10.9. The van der Waals surface area contributed by atoms with Crippen molar-refractivity contribution in [1.29, 1.82) is 0 Å². The lowest BCUT2D eigenvalue weighted by molar-refractivity contribution is -0.143. The Morgan fingerprint density at radius 2 is 1.83 bits per heavy atom. The van der Waals surface area contributed by atoms with Crippen LogP contribution in [0.15, 0.2) is 11.6 Å². The molecule has 0 aromatic heterocycles. The van der Waals surface area contributed by atoms with Gasteiger partial charge in [-0.15, -0.1) is 0 Å². The number of unbranched alkanes of at least 4 members (excludes halogenated alkanes) is 1. The van der Waals surface area contributed by atoms with Crippen LogP contribution in [0.1, 0.15) is 26.2 Å².